The summed E-state index contributed by atoms with van der Waals surface area (Å²) in [5, 5.41) is 3.63. The van der Waals surface area contributed by atoms with Crippen LogP contribution in [0.1, 0.15) is 32.6 Å². The van der Waals surface area contributed by atoms with Gasteiger partial charge >= 0.3 is 0 Å². The van der Waals surface area contributed by atoms with Gasteiger partial charge < -0.3 is 5.32 Å². The van der Waals surface area contributed by atoms with Gasteiger partial charge in [0.05, 0.1) is 0 Å². The second-order valence-electron chi connectivity index (χ2n) is 4.09. The molecule has 1 saturated carbocycles. The Balaban J connectivity index is 1.94. The normalized spacial score (nSPS) is 36.8. The monoisotopic (exact) mass is 168 g/mol. The van der Waals surface area contributed by atoms with Crippen LogP contribution in [-0.4, -0.2) is 36.6 Å². The zero-order valence-electron chi connectivity index (χ0n) is 8.05. The highest BCUT2D eigenvalue weighted by atomic mass is 15.2. The molecule has 1 heterocycles. The van der Waals surface area contributed by atoms with Crippen molar-refractivity contribution in [2.24, 2.45) is 0 Å². The maximum atomic E-state index is 3.63. The molecule has 2 rings (SSSR count). The minimum atomic E-state index is 0.824. The lowest BCUT2D eigenvalue weighted by atomic mass is 10.1. The number of nitrogens with zero attached hydrogens (tertiary/aromatic N) is 1. The van der Waals surface area contributed by atoms with Gasteiger partial charge in [0.2, 0.25) is 0 Å². The first-order valence-corrected chi connectivity index (χ1v) is 5.39. The summed E-state index contributed by atoms with van der Waals surface area (Å²) in [6, 6.07) is 1.70. The third-order valence-electron chi connectivity index (χ3n) is 3.26. The number of nitrogens with one attached hydrogen (secondary N) is 1. The van der Waals surface area contributed by atoms with Gasteiger partial charge in [-0.05, 0) is 25.8 Å². The van der Waals surface area contributed by atoms with E-state index in [-0.39, 0.29) is 0 Å². The Morgan fingerprint density at radius 2 is 2.33 bits per heavy atom. The Bertz CT molecular complexity index is 145. The highest BCUT2D eigenvalue weighted by Crippen LogP contribution is 2.26. The molecule has 1 aliphatic heterocycles. The predicted octanol–water partition coefficient (Wildman–Crippen LogP) is 1.22. The van der Waals surface area contributed by atoms with Crippen molar-refractivity contribution in [2.75, 3.05) is 19.6 Å². The molecule has 0 aromatic rings. The molecule has 2 nitrogen and oxygen atoms in total. The molecular weight excluding hydrogens is 148 g/mol. The summed E-state index contributed by atoms with van der Waals surface area (Å²) >= 11 is 0. The Hall–Kier alpha value is -0.0800. The molecule has 2 fully saturated rings. The molecule has 12 heavy (non-hydrogen) atoms. The molecule has 1 aliphatic carbocycles. The molecule has 0 amide bonds. The fourth-order valence-corrected chi connectivity index (χ4v) is 2.74. The van der Waals surface area contributed by atoms with E-state index in [1.165, 1.54) is 45.3 Å². The van der Waals surface area contributed by atoms with Gasteiger partial charge in [-0.3, -0.25) is 4.90 Å². The molecule has 0 aromatic heterocycles. The minimum absolute atomic E-state index is 0.824. The molecule has 0 bridgehead atoms. The van der Waals surface area contributed by atoms with E-state index in [0.717, 1.165) is 12.1 Å². The fraction of sp³-hybridized carbons (Fsp3) is 1.00. The van der Waals surface area contributed by atoms with E-state index in [0.29, 0.717) is 0 Å². The summed E-state index contributed by atoms with van der Waals surface area (Å²) in [6.45, 7) is 6.07. The SMILES string of the molecule is CCCN1CCNC2CCCC21. The van der Waals surface area contributed by atoms with Crippen LogP contribution in [0.25, 0.3) is 0 Å². The molecule has 70 valence electrons. The molecule has 2 heteroatoms. The smallest absolute Gasteiger partial charge is 0.0249 e. The van der Waals surface area contributed by atoms with Crippen molar-refractivity contribution in [1.29, 1.82) is 0 Å². The van der Waals surface area contributed by atoms with Crippen molar-refractivity contribution in [3.63, 3.8) is 0 Å². The van der Waals surface area contributed by atoms with Gasteiger partial charge in [0.1, 0.15) is 0 Å². The second-order valence-corrected chi connectivity index (χ2v) is 4.09. The summed E-state index contributed by atoms with van der Waals surface area (Å²) in [6.07, 6.45) is 5.58. The van der Waals surface area contributed by atoms with Crippen LogP contribution in [0.3, 0.4) is 0 Å². The van der Waals surface area contributed by atoms with Crippen LogP contribution in [0.15, 0.2) is 0 Å². The fourth-order valence-electron chi connectivity index (χ4n) is 2.74. The summed E-state index contributed by atoms with van der Waals surface area (Å²) < 4.78 is 0. The standard InChI is InChI=1S/C10H20N2/c1-2-7-12-8-6-11-9-4-3-5-10(9)12/h9-11H,2-8H2,1H3. The maximum Gasteiger partial charge on any atom is 0.0249 e. The van der Waals surface area contributed by atoms with E-state index in [4.69, 9.17) is 0 Å². The number of rotatable bonds is 2. The Kier molecular flexibility index (Phi) is 2.66. The van der Waals surface area contributed by atoms with Gasteiger partial charge in [-0.1, -0.05) is 13.3 Å². The third-order valence-corrected chi connectivity index (χ3v) is 3.26. The lowest BCUT2D eigenvalue weighted by molar-refractivity contribution is 0.137. The molecule has 1 N–H and O–H groups in total. The topological polar surface area (TPSA) is 15.3 Å². The van der Waals surface area contributed by atoms with Crippen molar-refractivity contribution in [3.8, 4) is 0 Å². The highest BCUT2D eigenvalue weighted by Gasteiger charge is 2.33. The summed E-state index contributed by atoms with van der Waals surface area (Å²) in [5.74, 6) is 0. The van der Waals surface area contributed by atoms with E-state index < -0.39 is 0 Å². The lowest BCUT2D eigenvalue weighted by Gasteiger charge is -2.38. The quantitative estimate of drug-likeness (QED) is 0.667. The average Bonchev–Trinajstić information content (AvgIpc) is 2.53. The predicted molar refractivity (Wildman–Crippen MR) is 51.3 cm³/mol. The van der Waals surface area contributed by atoms with Gasteiger partial charge in [0.15, 0.2) is 0 Å². The Morgan fingerprint density at radius 3 is 3.17 bits per heavy atom. The molecule has 2 atom stereocenters. The van der Waals surface area contributed by atoms with Crippen LogP contribution >= 0.6 is 0 Å². The van der Waals surface area contributed by atoms with Crippen LogP contribution in [0.5, 0.6) is 0 Å². The molecule has 0 aromatic carbocycles. The molecule has 2 unspecified atom stereocenters. The first-order valence-electron chi connectivity index (χ1n) is 5.39. The van der Waals surface area contributed by atoms with Crippen LogP contribution in [0.4, 0.5) is 0 Å². The van der Waals surface area contributed by atoms with Gasteiger partial charge in [0.25, 0.3) is 0 Å². The lowest BCUT2D eigenvalue weighted by Crippen LogP contribution is -2.55. The largest absolute Gasteiger partial charge is 0.311 e. The van der Waals surface area contributed by atoms with Crippen LogP contribution in [-0.2, 0) is 0 Å². The van der Waals surface area contributed by atoms with E-state index in [2.05, 4.69) is 17.1 Å². The van der Waals surface area contributed by atoms with Crippen molar-refractivity contribution in [2.45, 2.75) is 44.7 Å². The third kappa shape index (κ3) is 1.50. The van der Waals surface area contributed by atoms with Crippen molar-refractivity contribution < 1.29 is 0 Å². The number of hydrogen-bond donors (Lipinski definition) is 1. The van der Waals surface area contributed by atoms with E-state index >= 15 is 0 Å². The first-order chi connectivity index (χ1) is 5.92. The van der Waals surface area contributed by atoms with Gasteiger partial charge in [0, 0.05) is 25.2 Å². The average molecular weight is 168 g/mol. The molecule has 1 saturated heterocycles. The zero-order chi connectivity index (χ0) is 8.39. The maximum absolute atomic E-state index is 3.63. The Morgan fingerprint density at radius 1 is 1.42 bits per heavy atom. The van der Waals surface area contributed by atoms with Crippen molar-refractivity contribution in [1.82, 2.24) is 10.2 Å². The van der Waals surface area contributed by atoms with Crippen molar-refractivity contribution >= 4 is 0 Å². The zero-order valence-corrected chi connectivity index (χ0v) is 8.05. The number of hydrogen-bond acceptors (Lipinski definition) is 2. The van der Waals surface area contributed by atoms with E-state index in [1.807, 2.05) is 0 Å². The van der Waals surface area contributed by atoms with Gasteiger partial charge in [-0.15, -0.1) is 0 Å². The Labute approximate surface area is 75.3 Å². The number of fused-ring (bicyclic) bond motifs is 1. The van der Waals surface area contributed by atoms with Gasteiger partial charge in [-0.2, -0.15) is 0 Å². The van der Waals surface area contributed by atoms with E-state index in [9.17, 15) is 0 Å². The molecule has 0 radical (unpaired) electrons. The minimum Gasteiger partial charge on any atom is -0.311 e. The molecule has 2 aliphatic rings. The summed E-state index contributed by atoms with van der Waals surface area (Å²) in [5.41, 5.74) is 0. The molecular formula is C10H20N2. The highest BCUT2D eigenvalue weighted by molar-refractivity contribution is 4.93. The van der Waals surface area contributed by atoms with Crippen LogP contribution in [0, 0.1) is 0 Å². The van der Waals surface area contributed by atoms with E-state index in [1.54, 1.807) is 0 Å². The van der Waals surface area contributed by atoms with Crippen molar-refractivity contribution in [3.05, 3.63) is 0 Å². The van der Waals surface area contributed by atoms with Crippen LogP contribution < -0.4 is 5.32 Å². The number of piperazine rings is 1. The second kappa shape index (κ2) is 3.75. The molecule has 0 spiro atoms. The summed E-state index contributed by atoms with van der Waals surface area (Å²) in [4.78, 5) is 2.69. The van der Waals surface area contributed by atoms with Crippen LogP contribution in [0.2, 0.25) is 0 Å². The van der Waals surface area contributed by atoms with Gasteiger partial charge in [-0.25, -0.2) is 0 Å². The first kappa shape index (κ1) is 8.52. The summed E-state index contributed by atoms with van der Waals surface area (Å²) in [7, 11) is 0.